The van der Waals surface area contributed by atoms with Gasteiger partial charge in [0.25, 0.3) is 0 Å². The lowest BCUT2D eigenvalue weighted by atomic mass is 9.97. The van der Waals surface area contributed by atoms with Crippen LogP contribution in [0.1, 0.15) is 11.1 Å². The Morgan fingerprint density at radius 2 is 1.30 bits per heavy atom. The lowest BCUT2D eigenvalue weighted by Gasteiger charge is -2.27. The monoisotopic (exact) mass is 478 g/mol. The summed E-state index contributed by atoms with van der Waals surface area (Å²) in [6.45, 7) is 14.5. The van der Waals surface area contributed by atoms with Crippen LogP contribution in [0.2, 0.25) is 0 Å². The van der Waals surface area contributed by atoms with E-state index in [0.717, 1.165) is 11.4 Å². The fraction of sp³-hybridized carbons (Fsp3) is 0.0571. The van der Waals surface area contributed by atoms with Crippen LogP contribution in [0.5, 0.6) is 0 Å². The number of aryl methyl sites for hydroxylation is 1. The Hall–Kier alpha value is -4.69. The first-order valence-electron chi connectivity index (χ1n) is 12.4. The van der Waals surface area contributed by atoms with Crippen molar-refractivity contribution in [2.45, 2.75) is 13.5 Å². The Labute approximate surface area is 219 Å². The summed E-state index contributed by atoms with van der Waals surface area (Å²) in [6, 6.07) is 36.9. The summed E-state index contributed by atoms with van der Waals surface area (Å²) < 4.78 is 0. The van der Waals surface area contributed by atoms with Crippen molar-refractivity contribution in [1.29, 1.82) is 0 Å². The maximum atomic E-state index is 4.18. The van der Waals surface area contributed by atoms with Gasteiger partial charge < -0.3 is 4.90 Å². The molecule has 0 atom stereocenters. The van der Waals surface area contributed by atoms with Gasteiger partial charge >= 0.3 is 0 Å². The van der Waals surface area contributed by atoms with Crippen molar-refractivity contribution in [2.24, 2.45) is 4.99 Å². The molecule has 2 nitrogen and oxygen atoms in total. The van der Waals surface area contributed by atoms with Crippen molar-refractivity contribution >= 4 is 33.9 Å². The van der Waals surface area contributed by atoms with E-state index in [0.29, 0.717) is 12.2 Å². The molecule has 2 heteroatoms. The van der Waals surface area contributed by atoms with Crippen LogP contribution in [0.3, 0.4) is 0 Å². The number of aliphatic imine (C=N–C) groups is 1. The lowest BCUT2D eigenvalue weighted by Crippen LogP contribution is -2.22. The summed E-state index contributed by atoms with van der Waals surface area (Å²) in [5, 5.41) is 4.96. The second kappa shape index (κ2) is 10.5. The quantitative estimate of drug-likeness (QED) is 0.160. The van der Waals surface area contributed by atoms with Gasteiger partial charge in [0.05, 0.1) is 11.4 Å². The van der Waals surface area contributed by atoms with Crippen molar-refractivity contribution in [3.8, 4) is 11.1 Å². The molecule has 0 aliphatic rings. The Morgan fingerprint density at radius 1 is 0.703 bits per heavy atom. The predicted octanol–water partition coefficient (Wildman–Crippen LogP) is 9.26. The molecule has 5 aromatic carbocycles. The fourth-order valence-corrected chi connectivity index (χ4v) is 4.83. The molecule has 0 aliphatic carbocycles. The SMILES string of the molecule is C=C/C(N=C)=C(\C=C)N(Cc1ccc2cc(-c3ccc4cc(C)ccc4c3)ccc2c1)c1ccccc1. The van der Waals surface area contributed by atoms with Gasteiger partial charge in [-0.3, -0.25) is 4.99 Å². The zero-order valence-corrected chi connectivity index (χ0v) is 21.2. The number of hydrogen-bond acceptors (Lipinski definition) is 2. The molecule has 5 rings (SSSR count). The maximum Gasteiger partial charge on any atom is 0.0853 e. The highest BCUT2D eigenvalue weighted by Gasteiger charge is 2.14. The summed E-state index contributed by atoms with van der Waals surface area (Å²) in [7, 11) is 0. The molecule has 0 bridgehead atoms. The van der Waals surface area contributed by atoms with Gasteiger partial charge in [-0.05, 0) is 94.4 Å². The largest absolute Gasteiger partial charge is 0.335 e. The highest BCUT2D eigenvalue weighted by atomic mass is 15.1. The minimum Gasteiger partial charge on any atom is -0.335 e. The third-order valence-corrected chi connectivity index (χ3v) is 6.75. The lowest BCUT2D eigenvalue weighted by molar-refractivity contribution is 0.925. The van der Waals surface area contributed by atoms with Gasteiger partial charge in [0.1, 0.15) is 0 Å². The van der Waals surface area contributed by atoms with Crippen LogP contribution in [0, 0.1) is 6.92 Å². The van der Waals surface area contributed by atoms with Gasteiger partial charge in [0.2, 0.25) is 0 Å². The first-order valence-corrected chi connectivity index (χ1v) is 12.4. The minimum absolute atomic E-state index is 0.667. The molecule has 0 heterocycles. The number of benzene rings is 5. The zero-order chi connectivity index (χ0) is 25.8. The topological polar surface area (TPSA) is 15.6 Å². The van der Waals surface area contributed by atoms with Gasteiger partial charge in [-0.1, -0.05) is 91.5 Å². The van der Waals surface area contributed by atoms with Crippen molar-refractivity contribution in [3.63, 3.8) is 0 Å². The third kappa shape index (κ3) is 5.00. The van der Waals surface area contributed by atoms with Crippen molar-refractivity contribution < 1.29 is 0 Å². The molecular weight excluding hydrogens is 448 g/mol. The number of fused-ring (bicyclic) bond motifs is 2. The standard InChI is InChI=1S/C35H30N2/c1-5-34(36-4)35(6-2)37(33-10-8-7-9-11-33)24-26-13-15-30-23-32(19-17-28(30)21-26)31-18-16-27-20-25(3)12-14-29(27)22-31/h5-23H,1-2,4,24H2,3H3/b35-34-. The van der Waals surface area contributed by atoms with E-state index in [2.05, 4.69) is 122 Å². The Morgan fingerprint density at radius 3 is 1.92 bits per heavy atom. The number of rotatable bonds is 8. The molecule has 180 valence electrons. The van der Waals surface area contributed by atoms with Crippen molar-refractivity contribution in [3.05, 3.63) is 151 Å². The minimum atomic E-state index is 0.667. The van der Waals surface area contributed by atoms with E-state index in [9.17, 15) is 0 Å². The molecule has 0 amide bonds. The molecule has 0 fully saturated rings. The van der Waals surface area contributed by atoms with Gasteiger partial charge in [-0.2, -0.15) is 0 Å². The van der Waals surface area contributed by atoms with E-state index >= 15 is 0 Å². The van der Waals surface area contributed by atoms with Crippen LogP contribution >= 0.6 is 0 Å². The molecule has 0 aliphatic heterocycles. The molecule has 0 unspecified atom stereocenters. The van der Waals surface area contributed by atoms with Gasteiger partial charge in [-0.15, -0.1) is 0 Å². The average molecular weight is 479 g/mol. The number of nitrogens with zero attached hydrogens (tertiary/aromatic N) is 2. The maximum absolute atomic E-state index is 4.18. The van der Waals surface area contributed by atoms with Crippen LogP contribution in [0.15, 0.2) is 145 Å². The molecule has 0 aromatic heterocycles. The fourth-order valence-electron chi connectivity index (χ4n) is 4.83. The molecule has 5 aromatic rings. The van der Waals surface area contributed by atoms with Gasteiger partial charge in [-0.25, -0.2) is 0 Å². The summed E-state index contributed by atoms with van der Waals surface area (Å²) in [6.07, 6.45) is 3.53. The summed E-state index contributed by atoms with van der Waals surface area (Å²) in [5.41, 5.74) is 7.56. The summed E-state index contributed by atoms with van der Waals surface area (Å²) in [4.78, 5) is 6.38. The molecule has 0 saturated heterocycles. The molecule has 0 N–H and O–H groups in total. The second-order valence-corrected chi connectivity index (χ2v) is 9.22. The third-order valence-electron chi connectivity index (χ3n) is 6.75. The summed E-state index contributed by atoms with van der Waals surface area (Å²) >= 11 is 0. The number of anilines is 1. The van der Waals surface area contributed by atoms with E-state index < -0.39 is 0 Å². The van der Waals surface area contributed by atoms with E-state index in [4.69, 9.17) is 0 Å². The molecule has 0 saturated carbocycles. The van der Waals surface area contributed by atoms with Crippen LogP contribution in [-0.4, -0.2) is 6.72 Å². The highest BCUT2D eigenvalue weighted by molar-refractivity contribution is 5.91. The number of para-hydroxylation sites is 1. The number of hydrogen-bond donors (Lipinski definition) is 0. The predicted molar refractivity (Wildman–Crippen MR) is 161 cm³/mol. The van der Waals surface area contributed by atoms with Gasteiger partial charge in [0, 0.05) is 12.2 Å². The Bertz CT molecular complexity index is 1650. The second-order valence-electron chi connectivity index (χ2n) is 9.22. The zero-order valence-electron chi connectivity index (χ0n) is 21.2. The Kier molecular flexibility index (Phi) is 6.83. The first-order chi connectivity index (χ1) is 18.1. The number of allylic oxidation sites excluding steroid dienone is 2. The van der Waals surface area contributed by atoms with E-state index in [-0.39, 0.29) is 0 Å². The highest BCUT2D eigenvalue weighted by Crippen LogP contribution is 2.30. The van der Waals surface area contributed by atoms with Crippen molar-refractivity contribution in [1.82, 2.24) is 0 Å². The van der Waals surface area contributed by atoms with E-state index in [1.54, 1.807) is 6.08 Å². The van der Waals surface area contributed by atoms with E-state index in [1.165, 1.54) is 43.8 Å². The van der Waals surface area contributed by atoms with Crippen LogP contribution in [0.4, 0.5) is 5.69 Å². The molecular formula is C35H30N2. The Balaban J connectivity index is 1.50. The average Bonchev–Trinajstić information content (AvgIpc) is 2.94. The first kappa shape index (κ1) is 24.0. The van der Waals surface area contributed by atoms with E-state index in [1.807, 2.05) is 24.3 Å². The van der Waals surface area contributed by atoms with Crippen molar-refractivity contribution in [2.75, 3.05) is 4.90 Å². The van der Waals surface area contributed by atoms with Crippen LogP contribution in [0.25, 0.3) is 32.7 Å². The normalized spacial score (nSPS) is 11.7. The van der Waals surface area contributed by atoms with Gasteiger partial charge in [0.15, 0.2) is 0 Å². The smallest absolute Gasteiger partial charge is 0.0853 e. The molecule has 37 heavy (non-hydrogen) atoms. The van der Waals surface area contributed by atoms with Crippen LogP contribution < -0.4 is 4.90 Å². The molecule has 0 radical (unpaired) electrons. The summed E-state index contributed by atoms with van der Waals surface area (Å²) in [5.74, 6) is 0. The molecule has 0 spiro atoms. The van der Waals surface area contributed by atoms with Crippen LogP contribution in [-0.2, 0) is 6.54 Å².